The molecule has 0 saturated heterocycles. The Morgan fingerprint density at radius 1 is 0.00847 bits per heavy atom. The van der Waals surface area contributed by atoms with Gasteiger partial charge in [-0.25, -0.2) is 0 Å². The van der Waals surface area contributed by atoms with Crippen molar-refractivity contribution in [2.45, 2.75) is 0 Å². The van der Waals surface area contributed by atoms with Gasteiger partial charge in [-0.3, -0.25) is 0 Å². The van der Waals surface area contributed by atoms with Crippen molar-refractivity contribution in [3.63, 3.8) is 0 Å². The van der Waals surface area contributed by atoms with Crippen molar-refractivity contribution in [1.29, 1.82) is 0 Å². The van der Waals surface area contributed by atoms with Gasteiger partial charge >= 0.3 is 0 Å². The zero-order chi connectivity index (χ0) is 0. The predicted molar refractivity (Wildman–Crippen MR) is 0 cm³/mol. The number of rotatable bonds is 0. The van der Waals surface area contributed by atoms with Crippen LogP contribution >= 0.6 is 0 Å². The fourth-order valence-electron chi connectivity index (χ4n) is 0. The topological polar surface area (TPSA) is 0 Å². The van der Waals surface area contributed by atoms with E-state index in [9.17, 15) is 0 Å². The van der Waals surface area contributed by atoms with Crippen LogP contribution in [-0.2, 0) is 0 Å². The average Bonchev–Trinajstić information content (AvgIpc) is 0. The Labute approximate surface area is 4360 Å². The zero-order valence-corrected chi connectivity index (χ0v) is 292. The van der Waals surface area contributed by atoms with E-state index in [4.69, 9.17) is 0 Å². The Bertz CT molecular complexity index is 0. The summed E-state index contributed by atoms with van der Waals surface area (Å²) in [6, 6.07) is 0. The van der Waals surface area contributed by atoms with E-state index in [1.54, 1.807) is 0 Å². The summed E-state index contributed by atoms with van der Waals surface area (Å²) in [6.45, 7) is 0. The Morgan fingerprint density at radius 3 is 0.00847 bits per heavy atom. The summed E-state index contributed by atoms with van der Waals surface area (Å²) in [7, 11) is 0. The Kier molecular flexibility index (Phi) is 6000. The molecule has 0 heterocycles. The third-order valence-electron chi connectivity index (χ3n) is 0. The van der Waals surface area contributed by atoms with Crippen LogP contribution in [0.3, 0.4) is 0 Å². The fraction of sp³-hybridized carbons (Fsp3) is 0. The normalized spacial score (nSPS) is 0. The SMILES string of the molecule is [Tb].[Tb].[Tb].[Tb].[Tb].[Tb].[Tb].[Tb].[Tb].[Tb].[Tb].[Tb].[Tb].[Tb].[Tb].[Tb].[Tb].[Tb].[Tb].[Tb].[Tb].[Tb].[Tb].[Tb].[Tb].[Tb].[Tb].[Tb].[Tb].[Tb].[Tb].[Tb].[Tb].[Tb].[Tb].[Tb].[Tb].[Tb].[Tb].[Tb].[Tb].[Tb].[Tb].[Tb].[Tb].[Tb].[Tb].[Tb].[Tb].[Tb].[Tb].[Tb].[Tb].[Tb].[Tb].[Tb].[Tb].[Tb].[Tb].[Tb].[Tb].[Tb].[Tb].[Tb].[Tb].[Tb].[Tb].[Tb].[Tb].[Tb].[Tb].[Tb].[Tb].[Tb].[Tb].[Tb].[Tb].[Tb].[Tb].[Tb].[Tb].[Tb].[Tb].[Tb].[Tb].[Tb].[Tb].[Tb].[Tb].[Tb].[Tb].[Tb].[Tb].[Tb].[Tb].[Tb].[Tb].[Tb].[Tb].[Tb].[Tb].[Tb].[Tb].[Tb].[Tb].[Tb].[Tb].[Tb].[Tb].[Tb].[Tb].[Tb].[Tb].[Tb].[Tb].[Tb].[Tb].[Tb]. The van der Waals surface area contributed by atoms with E-state index in [-0.39, 0.29) is 4560 Å². The molecule has 0 N–H and O–H groups in total. The van der Waals surface area contributed by atoms with Gasteiger partial charge in [0.15, 0.2) is 0 Å². The molecule has 0 aliphatic heterocycles. The standard InChI is InChI=1S/118Tb. The van der Waals surface area contributed by atoms with E-state index in [0.29, 0.717) is 0 Å². The summed E-state index contributed by atoms with van der Waals surface area (Å²) in [4.78, 5) is 0. The minimum Gasteiger partial charge on any atom is 0 e. The first kappa shape index (κ1) is 846. The third-order valence-corrected chi connectivity index (χ3v) is 0. The first-order valence-corrected chi connectivity index (χ1v) is 0. The van der Waals surface area contributed by atoms with Crippen molar-refractivity contribution in [2.75, 3.05) is 0 Å². The second-order valence-corrected chi connectivity index (χ2v) is 0. The van der Waals surface area contributed by atoms with Crippen LogP contribution in [0.4, 0.5) is 0 Å². The van der Waals surface area contributed by atoms with Crippen molar-refractivity contribution in [1.82, 2.24) is 0 Å². The molecule has 0 rings (SSSR count). The predicted octanol–water partition coefficient (Wildman–Crippen LogP) is 0. The van der Waals surface area contributed by atoms with Crippen molar-refractivity contribution >= 4 is 0 Å². The number of hydrogen-bond donors (Lipinski definition) is 0. The molecule has 0 aliphatic rings. The first-order chi connectivity index (χ1) is 0. The van der Waals surface area contributed by atoms with E-state index in [1.807, 2.05) is 0 Å². The van der Waals surface area contributed by atoms with Gasteiger partial charge in [-0.05, 0) is 0 Å². The summed E-state index contributed by atoms with van der Waals surface area (Å²) >= 11 is 0. The molecule has 0 nitrogen and oxygen atoms in total. The van der Waals surface area contributed by atoms with Gasteiger partial charge in [0.25, 0.3) is 0 Å². The van der Waals surface area contributed by atoms with Crippen LogP contribution in [0, 0.1) is 4560 Å². The molecule has 0 aliphatic carbocycles. The van der Waals surface area contributed by atoms with E-state index in [2.05, 4.69) is 0 Å². The van der Waals surface area contributed by atoms with Crippen LogP contribution < -0.4 is 0 Å². The molecule has 0 saturated carbocycles. The van der Waals surface area contributed by atoms with Gasteiger partial charge in [0.1, 0.15) is 0 Å². The van der Waals surface area contributed by atoms with E-state index in [1.165, 1.54) is 0 Å². The molecule has 0 bridgehead atoms. The molecule has 1062 valence electrons. The van der Waals surface area contributed by atoms with Gasteiger partial charge in [-0.1, -0.05) is 0 Å². The minimum absolute atomic E-state index is 0. The van der Waals surface area contributed by atoms with Crippen molar-refractivity contribution < 1.29 is 4560 Å². The Hall–Kier alpha value is 152. The van der Waals surface area contributed by atoms with Crippen LogP contribution in [0.25, 0.3) is 0 Å². The van der Waals surface area contributed by atoms with Crippen LogP contribution in [0.5, 0.6) is 0 Å². The third kappa shape index (κ3) is 827. The first-order valence-electron chi connectivity index (χ1n) is 0. The van der Waals surface area contributed by atoms with Gasteiger partial charge in [0.05, 0.1) is 0 Å². The fourth-order valence-corrected chi connectivity index (χ4v) is 0. The van der Waals surface area contributed by atoms with E-state index in [0.717, 1.165) is 0 Å². The van der Waals surface area contributed by atoms with Crippen molar-refractivity contribution in [3.05, 3.63) is 0 Å². The molecule has 0 fully saturated rings. The van der Waals surface area contributed by atoms with Crippen molar-refractivity contribution in [3.8, 4) is 0 Å². The number of hydrogen-bond acceptors (Lipinski definition) is 0. The van der Waals surface area contributed by atoms with E-state index >= 15 is 0 Å². The largest absolute Gasteiger partial charge is 0 e. The molecule has 0 atom stereocenters. The summed E-state index contributed by atoms with van der Waals surface area (Å²) in [6.07, 6.45) is 0. The summed E-state index contributed by atoms with van der Waals surface area (Å²) in [5, 5.41) is 0. The maximum absolute atomic E-state index is 0. The Morgan fingerprint density at radius 2 is 0.00847 bits per heavy atom. The second-order valence-electron chi connectivity index (χ2n) is 0. The van der Waals surface area contributed by atoms with Crippen molar-refractivity contribution in [2.24, 2.45) is 0 Å². The molecule has 118 heteroatoms. The van der Waals surface area contributed by atoms with Crippen LogP contribution in [0.15, 0.2) is 0 Å². The molecular formula is Tb118. The molecule has 0 spiro atoms. The molecule has 0 aromatic carbocycles. The maximum atomic E-state index is 0. The monoisotopic (exact) mass is 18800 g/mol. The van der Waals surface area contributed by atoms with E-state index < -0.39 is 0 Å². The average molecular weight is 18800 g/mol. The summed E-state index contributed by atoms with van der Waals surface area (Å²) < 4.78 is 0. The van der Waals surface area contributed by atoms with Gasteiger partial charge in [-0.2, -0.15) is 0 Å². The van der Waals surface area contributed by atoms with Gasteiger partial charge < -0.3 is 0 Å². The van der Waals surface area contributed by atoms with Crippen LogP contribution in [-0.4, -0.2) is 0 Å². The summed E-state index contributed by atoms with van der Waals surface area (Å²) in [5.41, 5.74) is 0. The molecule has 0 amide bonds. The molecular weight excluding hydrogens is 18800 g/mol. The molecule has 118 heavy (non-hydrogen) atoms. The molecule has 0 aromatic rings. The summed E-state index contributed by atoms with van der Waals surface area (Å²) in [5.74, 6) is 0. The Balaban J connectivity index is 0. The molecule has 0 unspecified atom stereocenters. The minimum atomic E-state index is 0. The maximum Gasteiger partial charge on any atom is 0 e. The van der Waals surface area contributed by atoms with Crippen LogP contribution in [0.1, 0.15) is 0 Å². The second kappa shape index (κ2) is 837. The van der Waals surface area contributed by atoms with Gasteiger partial charge in [0.2, 0.25) is 0 Å². The smallest absolute Gasteiger partial charge is 0 e. The molecule has 118 radical (unpaired) electrons. The van der Waals surface area contributed by atoms with Crippen LogP contribution in [0.2, 0.25) is 0 Å². The quantitative estimate of drug-likeness (QED) is 0.321. The van der Waals surface area contributed by atoms with Gasteiger partial charge in [-0.15, -0.1) is 0 Å². The van der Waals surface area contributed by atoms with Gasteiger partial charge in [0, 0.05) is 4560 Å². The zero-order valence-electron chi connectivity index (χ0n) is 39.3. The molecule has 0 aromatic heterocycles.